The maximum absolute atomic E-state index is 12.7. The third-order valence-electron chi connectivity index (χ3n) is 5.77. The van der Waals surface area contributed by atoms with Crippen LogP contribution in [0.2, 0.25) is 0 Å². The maximum atomic E-state index is 12.7. The second-order valence-corrected chi connectivity index (χ2v) is 7.66. The fourth-order valence-electron chi connectivity index (χ4n) is 4.11. The first-order chi connectivity index (χ1) is 11.7. The van der Waals surface area contributed by atoms with Gasteiger partial charge < -0.3 is 19.4 Å². The Kier molecular flexibility index (Phi) is 4.59. The lowest BCUT2D eigenvalue weighted by Crippen LogP contribution is -2.37. The van der Waals surface area contributed by atoms with Crippen LogP contribution in [0.5, 0.6) is 0 Å². The molecule has 1 aromatic heterocycles. The van der Waals surface area contributed by atoms with E-state index in [1.807, 2.05) is 11.0 Å². The SMILES string of the molecule is O=C(c1cc(C2CC2)no1)N1C[C@@H](CO)[C@@H](CN2CCCCC2)C1. The number of carbonyl (C=O) groups excluding carboxylic acids is 1. The van der Waals surface area contributed by atoms with E-state index in [9.17, 15) is 9.90 Å². The van der Waals surface area contributed by atoms with Crippen LogP contribution >= 0.6 is 0 Å². The zero-order valence-corrected chi connectivity index (χ0v) is 14.2. The van der Waals surface area contributed by atoms with Crippen LogP contribution < -0.4 is 0 Å². The molecule has 1 aliphatic carbocycles. The normalized spacial score (nSPS) is 28.5. The van der Waals surface area contributed by atoms with Crippen LogP contribution in [0.25, 0.3) is 0 Å². The molecule has 3 heterocycles. The Morgan fingerprint density at radius 1 is 1.21 bits per heavy atom. The Balaban J connectivity index is 1.39. The van der Waals surface area contributed by atoms with Gasteiger partial charge in [-0.1, -0.05) is 11.6 Å². The molecular formula is C18H27N3O3. The van der Waals surface area contributed by atoms with Gasteiger partial charge in [0.05, 0.1) is 5.69 Å². The minimum absolute atomic E-state index is 0.0750. The average Bonchev–Trinajstić information content (AvgIpc) is 3.20. The van der Waals surface area contributed by atoms with Gasteiger partial charge in [0.2, 0.25) is 5.76 Å². The number of piperidine rings is 1. The summed E-state index contributed by atoms with van der Waals surface area (Å²) >= 11 is 0. The third kappa shape index (κ3) is 3.35. The summed E-state index contributed by atoms with van der Waals surface area (Å²) in [5.74, 6) is 1.29. The fourth-order valence-corrected chi connectivity index (χ4v) is 4.11. The fraction of sp³-hybridized carbons (Fsp3) is 0.778. The molecule has 6 nitrogen and oxygen atoms in total. The van der Waals surface area contributed by atoms with Crippen molar-refractivity contribution in [2.24, 2.45) is 11.8 Å². The van der Waals surface area contributed by atoms with E-state index in [0.717, 1.165) is 38.2 Å². The number of rotatable bonds is 5. The number of aliphatic hydroxyl groups excluding tert-OH is 1. The molecule has 24 heavy (non-hydrogen) atoms. The highest BCUT2D eigenvalue weighted by molar-refractivity contribution is 5.91. The Labute approximate surface area is 142 Å². The predicted molar refractivity (Wildman–Crippen MR) is 88.7 cm³/mol. The Morgan fingerprint density at radius 2 is 1.96 bits per heavy atom. The molecule has 0 aromatic carbocycles. The number of carbonyl (C=O) groups is 1. The number of nitrogens with zero attached hydrogens (tertiary/aromatic N) is 3. The first kappa shape index (κ1) is 16.1. The summed E-state index contributed by atoms with van der Waals surface area (Å²) in [6.45, 7) is 4.75. The van der Waals surface area contributed by atoms with E-state index in [2.05, 4.69) is 10.1 Å². The second kappa shape index (κ2) is 6.84. The van der Waals surface area contributed by atoms with E-state index >= 15 is 0 Å². The van der Waals surface area contributed by atoms with Gasteiger partial charge in [0.1, 0.15) is 0 Å². The van der Waals surface area contributed by atoms with E-state index in [0.29, 0.717) is 30.7 Å². The summed E-state index contributed by atoms with van der Waals surface area (Å²) < 4.78 is 5.28. The third-order valence-corrected chi connectivity index (χ3v) is 5.77. The molecule has 1 aromatic rings. The molecule has 1 N–H and O–H groups in total. The highest BCUT2D eigenvalue weighted by Gasteiger charge is 2.38. The molecular weight excluding hydrogens is 306 g/mol. The standard InChI is InChI=1S/C18H27N3O3/c22-12-15-11-21(10-14(15)9-20-6-2-1-3-7-20)18(23)17-8-16(19-24-17)13-4-5-13/h8,13-15,22H,1-7,9-12H2/t14-,15-/m0/s1. The molecule has 2 atom stereocenters. The molecule has 132 valence electrons. The van der Waals surface area contributed by atoms with Gasteiger partial charge in [-0.3, -0.25) is 4.79 Å². The largest absolute Gasteiger partial charge is 0.396 e. The van der Waals surface area contributed by atoms with Gasteiger partial charge in [0.15, 0.2) is 0 Å². The second-order valence-electron chi connectivity index (χ2n) is 7.66. The van der Waals surface area contributed by atoms with E-state index in [1.165, 1.54) is 19.3 Å². The lowest BCUT2D eigenvalue weighted by molar-refractivity contribution is 0.0737. The number of amides is 1. The molecule has 3 fully saturated rings. The lowest BCUT2D eigenvalue weighted by Gasteiger charge is -2.30. The highest BCUT2D eigenvalue weighted by Crippen LogP contribution is 2.39. The summed E-state index contributed by atoms with van der Waals surface area (Å²) in [5, 5.41) is 13.8. The highest BCUT2D eigenvalue weighted by atomic mass is 16.5. The number of likely N-dealkylation sites (tertiary alicyclic amines) is 2. The Bertz CT molecular complexity index is 578. The van der Waals surface area contributed by atoms with Gasteiger partial charge in [0, 0.05) is 44.1 Å². The van der Waals surface area contributed by atoms with E-state index < -0.39 is 0 Å². The lowest BCUT2D eigenvalue weighted by atomic mass is 9.95. The van der Waals surface area contributed by atoms with Gasteiger partial charge in [-0.15, -0.1) is 0 Å². The number of hydrogen-bond donors (Lipinski definition) is 1. The summed E-state index contributed by atoms with van der Waals surface area (Å²) in [6.07, 6.45) is 6.15. The van der Waals surface area contributed by atoms with Crippen molar-refractivity contribution in [3.63, 3.8) is 0 Å². The topological polar surface area (TPSA) is 69.8 Å². The van der Waals surface area contributed by atoms with Gasteiger partial charge in [-0.05, 0) is 44.7 Å². The molecule has 2 aliphatic heterocycles. The average molecular weight is 333 g/mol. The van der Waals surface area contributed by atoms with Crippen LogP contribution in [-0.4, -0.2) is 65.3 Å². The first-order valence-corrected chi connectivity index (χ1v) is 9.33. The van der Waals surface area contributed by atoms with Crippen molar-refractivity contribution in [1.82, 2.24) is 15.0 Å². The monoisotopic (exact) mass is 333 g/mol. The van der Waals surface area contributed by atoms with Crippen LogP contribution in [0.15, 0.2) is 10.6 Å². The predicted octanol–water partition coefficient (Wildman–Crippen LogP) is 1.72. The van der Waals surface area contributed by atoms with E-state index in [-0.39, 0.29) is 18.4 Å². The molecule has 3 aliphatic rings. The zero-order chi connectivity index (χ0) is 16.5. The van der Waals surface area contributed by atoms with Crippen molar-refractivity contribution in [1.29, 1.82) is 0 Å². The summed E-state index contributed by atoms with van der Waals surface area (Å²) in [7, 11) is 0. The van der Waals surface area contributed by atoms with Crippen LogP contribution in [0.4, 0.5) is 0 Å². The molecule has 1 amide bonds. The van der Waals surface area contributed by atoms with Crippen molar-refractivity contribution in [2.75, 3.05) is 39.3 Å². The smallest absolute Gasteiger partial charge is 0.292 e. The zero-order valence-electron chi connectivity index (χ0n) is 14.2. The molecule has 6 heteroatoms. The molecule has 0 radical (unpaired) electrons. The van der Waals surface area contributed by atoms with Gasteiger partial charge in [0.25, 0.3) is 5.91 Å². The molecule has 4 rings (SSSR count). The van der Waals surface area contributed by atoms with Crippen molar-refractivity contribution < 1.29 is 14.4 Å². The van der Waals surface area contributed by atoms with E-state index in [1.54, 1.807) is 0 Å². The number of hydrogen-bond acceptors (Lipinski definition) is 5. The van der Waals surface area contributed by atoms with E-state index in [4.69, 9.17) is 4.52 Å². The molecule has 0 bridgehead atoms. The van der Waals surface area contributed by atoms with Gasteiger partial charge in [-0.25, -0.2) is 0 Å². The Hall–Kier alpha value is -1.40. The minimum atomic E-state index is -0.0750. The summed E-state index contributed by atoms with van der Waals surface area (Å²) in [6, 6.07) is 1.81. The minimum Gasteiger partial charge on any atom is -0.396 e. The summed E-state index contributed by atoms with van der Waals surface area (Å²) in [5.41, 5.74) is 0.918. The summed E-state index contributed by atoms with van der Waals surface area (Å²) in [4.78, 5) is 17.0. The molecule has 1 saturated carbocycles. The van der Waals surface area contributed by atoms with Crippen LogP contribution in [0, 0.1) is 11.8 Å². The molecule has 0 unspecified atom stereocenters. The van der Waals surface area contributed by atoms with Gasteiger partial charge >= 0.3 is 0 Å². The quantitative estimate of drug-likeness (QED) is 0.888. The maximum Gasteiger partial charge on any atom is 0.292 e. The number of aromatic nitrogens is 1. The van der Waals surface area contributed by atoms with Crippen LogP contribution in [0.1, 0.15) is 54.3 Å². The first-order valence-electron chi connectivity index (χ1n) is 9.33. The van der Waals surface area contributed by atoms with Crippen molar-refractivity contribution in [3.05, 3.63) is 17.5 Å². The van der Waals surface area contributed by atoms with Crippen LogP contribution in [-0.2, 0) is 0 Å². The van der Waals surface area contributed by atoms with Crippen molar-refractivity contribution in [2.45, 2.75) is 38.0 Å². The van der Waals surface area contributed by atoms with Crippen molar-refractivity contribution in [3.8, 4) is 0 Å². The molecule has 2 saturated heterocycles. The van der Waals surface area contributed by atoms with Gasteiger partial charge in [-0.2, -0.15) is 0 Å². The van der Waals surface area contributed by atoms with Crippen LogP contribution in [0.3, 0.4) is 0 Å². The Morgan fingerprint density at radius 3 is 2.67 bits per heavy atom. The number of aliphatic hydroxyl groups is 1. The van der Waals surface area contributed by atoms with Crippen molar-refractivity contribution >= 4 is 5.91 Å². The molecule has 0 spiro atoms.